The summed E-state index contributed by atoms with van der Waals surface area (Å²) in [5.74, 6) is -0.406. The van der Waals surface area contributed by atoms with Crippen LogP contribution in [0.1, 0.15) is 36.6 Å². The van der Waals surface area contributed by atoms with Crippen LogP contribution in [-0.4, -0.2) is 31.3 Å². The molecule has 3 aromatic rings. The van der Waals surface area contributed by atoms with Gasteiger partial charge in [-0.25, -0.2) is 4.79 Å². The molecule has 144 valence electrons. The van der Waals surface area contributed by atoms with Crippen LogP contribution < -0.4 is 4.74 Å². The fraction of sp³-hybridized carbons (Fsp3) is 0.0870. The smallest absolute Gasteiger partial charge is 0.338 e. The number of methoxy groups -OCH3 is 1. The topological polar surface area (TPSA) is 69.7 Å². The maximum atomic E-state index is 12.5. The van der Waals surface area contributed by atoms with E-state index in [9.17, 15) is 14.4 Å². The number of rotatable bonds is 5. The van der Waals surface area contributed by atoms with Gasteiger partial charge in [-0.1, -0.05) is 24.3 Å². The van der Waals surface area contributed by atoms with E-state index < -0.39 is 5.97 Å². The maximum absolute atomic E-state index is 12.5. The molecule has 0 aliphatic heterocycles. The maximum Gasteiger partial charge on any atom is 0.338 e. The molecule has 0 heterocycles. The Labute approximate surface area is 175 Å². The van der Waals surface area contributed by atoms with Crippen LogP contribution in [0.2, 0.25) is 0 Å². The van der Waals surface area contributed by atoms with Gasteiger partial charge in [0.15, 0.2) is 18.2 Å². The number of esters is 1. The molecule has 5 nitrogen and oxygen atoms in total. The van der Waals surface area contributed by atoms with E-state index in [-0.39, 0.29) is 23.7 Å². The van der Waals surface area contributed by atoms with E-state index in [2.05, 4.69) is 15.9 Å². The monoisotopic (exact) mass is 450 g/mol. The highest BCUT2D eigenvalue weighted by Gasteiger charge is 2.27. The third-order valence-electron chi connectivity index (χ3n) is 4.77. The number of fused-ring (bicyclic) bond motifs is 3. The number of benzene rings is 3. The second-order valence-electron chi connectivity index (χ2n) is 6.48. The van der Waals surface area contributed by atoms with Gasteiger partial charge in [0.2, 0.25) is 0 Å². The Morgan fingerprint density at radius 2 is 1.55 bits per heavy atom. The fourth-order valence-electron chi connectivity index (χ4n) is 3.29. The van der Waals surface area contributed by atoms with E-state index in [1.54, 1.807) is 48.5 Å². The van der Waals surface area contributed by atoms with Gasteiger partial charge in [0, 0.05) is 16.7 Å². The van der Waals surface area contributed by atoms with Gasteiger partial charge in [-0.3, -0.25) is 9.59 Å². The highest BCUT2D eigenvalue weighted by Crippen LogP contribution is 2.37. The lowest BCUT2D eigenvalue weighted by Crippen LogP contribution is -2.14. The van der Waals surface area contributed by atoms with Gasteiger partial charge in [0.1, 0.15) is 5.75 Å². The van der Waals surface area contributed by atoms with Crippen LogP contribution in [0.25, 0.3) is 11.1 Å². The Morgan fingerprint density at radius 3 is 2.28 bits per heavy atom. The van der Waals surface area contributed by atoms with Crippen molar-refractivity contribution >= 4 is 33.5 Å². The van der Waals surface area contributed by atoms with Crippen LogP contribution in [0, 0.1) is 0 Å². The van der Waals surface area contributed by atoms with E-state index in [0.29, 0.717) is 32.5 Å². The molecule has 0 N–H and O–H groups in total. The van der Waals surface area contributed by atoms with Gasteiger partial charge < -0.3 is 9.47 Å². The van der Waals surface area contributed by atoms with E-state index in [0.717, 1.165) is 5.56 Å². The summed E-state index contributed by atoms with van der Waals surface area (Å²) >= 11 is 3.33. The Balaban J connectivity index is 1.50. The Hall–Kier alpha value is -3.25. The number of carbonyl (C=O) groups is 3. The molecule has 6 heteroatoms. The van der Waals surface area contributed by atoms with Crippen LogP contribution in [-0.2, 0) is 4.74 Å². The molecule has 1 aliphatic carbocycles. The van der Waals surface area contributed by atoms with Crippen molar-refractivity contribution in [2.75, 3.05) is 13.7 Å². The number of halogens is 1. The lowest BCUT2D eigenvalue weighted by molar-refractivity contribution is 0.0474. The van der Waals surface area contributed by atoms with Crippen molar-refractivity contribution in [3.8, 4) is 16.9 Å². The number of ether oxygens (including phenoxy) is 2. The second-order valence-corrected chi connectivity index (χ2v) is 7.34. The predicted molar refractivity (Wildman–Crippen MR) is 111 cm³/mol. The third-order valence-corrected chi connectivity index (χ3v) is 5.39. The van der Waals surface area contributed by atoms with Crippen molar-refractivity contribution in [3.05, 3.63) is 87.4 Å². The summed E-state index contributed by atoms with van der Waals surface area (Å²) in [5.41, 5.74) is 3.36. The molecule has 0 unspecified atom stereocenters. The van der Waals surface area contributed by atoms with Crippen molar-refractivity contribution < 1.29 is 23.9 Å². The molecule has 0 atom stereocenters. The summed E-state index contributed by atoms with van der Waals surface area (Å²) in [6.07, 6.45) is 0. The summed E-state index contributed by atoms with van der Waals surface area (Å²) in [6.45, 7) is -0.385. The molecule has 29 heavy (non-hydrogen) atoms. The largest absolute Gasteiger partial charge is 0.496 e. The standard InChI is InChI=1S/C23H15BrO5/c1-28-21-9-7-13(11-19(21)24)20(25)12-29-23(27)14-6-8-17-18(10-14)15-4-2-3-5-16(15)22(17)26/h2-11H,12H2,1H3. The SMILES string of the molecule is COc1ccc(C(=O)COC(=O)c2ccc3c(c2)-c2ccccc2C3=O)cc1Br. The van der Waals surface area contributed by atoms with Crippen molar-refractivity contribution in [1.29, 1.82) is 0 Å². The van der Waals surface area contributed by atoms with Crippen molar-refractivity contribution in [2.45, 2.75) is 0 Å². The molecule has 3 aromatic carbocycles. The van der Waals surface area contributed by atoms with E-state index in [4.69, 9.17) is 9.47 Å². The van der Waals surface area contributed by atoms with E-state index >= 15 is 0 Å². The second kappa shape index (κ2) is 7.64. The lowest BCUT2D eigenvalue weighted by Gasteiger charge is -2.08. The molecule has 0 amide bonds. The molecule has 0 bridgehead atoms. The molecular weight excluding hydrogens is 436 g/mol. The summed E-state index contributed by atoms with van der Waals surface area (Å²) < 4.78 is 11.0. The van der Waals surface area contributed by atoms with E-state index in [1.165, 1.54) is 7.11 Å². The minimum atomic E-state index is -0.620. The Morgan fingerprint density at radius 1 is 0.862 bits per heavy atom. The summed E-state index contributed by atoms with van der Waals surface area (Å²) in [6, 6.07) is 16.9. The number of hydrogen-bond donors (Lipinski definition) is 0. The van der Waals surface area contributed by atoms with Crippen LogP contribution in [0.15, 0.2) is 65.1 Å². The molecular formula is C23H15BrO5. The average Bonchev–Trinajstić information content (AvgIpc) is 3.03. The molecule has 4 rings (SSSR count). The van der Waals surface area contributed by atoms with Gasteiger partial charge in [0.25, 0.3) is 0 Å². The molecule has 0 saturated carbocycles. The molecule has 0 aromatic heterocycles. The molecule has 0 saturated heterocycles. The van der Waals surface area contributed by atoms with Crippen LogP contribution in [0.4, 0.5) is 0 Å². The lowest BCUT2D eigenvalue weighted by atomic mass is 10.0. The number of hydrogen-bond acceptors (Lipinski definition) is 5. The van der Waals surface area contributed by atoms with Crippen molar-refractivity contribution in [3.63, 3.8) is 0 Å². The summed E-state index contributed by atoms with van der Waals surface area (Å²) in [4.78, 5) is 37.2. The summed E-state index contributed by atoms with van der Waals surface area (Å²) in [7, 11) is 1.53. The van der Waals surface area contributed by atoms with E-state index in [1.807, 2.05) is 12.1 Å². The Bertz CT molecular complexity index is 1170. The third kappa shape index (κ3) is 3.47. The number of carbonyl (C=O) groups excluding carboxylic acids is 3. The first-order valence-corrected chi connectivity index (χ1v) is 9.61. The minimum Gasteiger partial charge on any atom is -0.496 e. The first-order chi connectivity index (χ1) is 14.0. The molecule has 0 radical (unpaired) electrons. The Kier molecular flexibility index (Phi) is 5.03. The zero-order valence-electron chi connectivity index (χ0n) is 15.4. The molecule has 0 fully saturated rings. The number of ketones is 2. The van der Waals surface area contributed by atoms with Gasteiger partial charge in [0.05, 0.1) is 17.1 Å². The van der Waals surface area contributed by atoms with Crippen molar-refractivity contribution in [2.24, 2.45) is 0 Å². The quantitative estimate of drug-likeness (QED) is 0.325. The van der Waals surface area contributed by atoms with Crippen LogP contribution in [0.5, 0.6) is 5.75 Å². The highest BCUT2D eigenvalue weighted by molar-refractivity contribution is 9.10. The van der Waals surface area contributed by atoms with Gasteiger partial charge in [-0.15, -0.1) is 0 Å². The predicted octanol–water partition coefficient (Wildman–Crippen LogP) is 4.71. The van der Waals surface area contributed by atoms with Crippen molar-refractivity contribution in [1.82, 2.24) is 0 Å². The first kappa shape index (κ1) is 19.1. The first-order valence-electron chi connectivity index (χ1n) is 8.81. The average molecular weight is 451 g/mol. The molecule has 0 spiro atoms. The fourth-order valence-corrected chi connectivity index (χ4v) is 3.83. The zero-order chi connectivity index (χ0) is 20.5. The number of Topliss-reactive ketones (excluding diaryl/α,β-unsaturated/α-hetero) is 1. The molecule has 1 aliphatic rings. The summed E-state index contributed by atoms with van der Waals surface area (Å²) in [5, 5.41) is 0. The van der Waals surface area contributed by atoms with Crippen LogP contribution >= 0.6 is 15.9 Å². The zero-order valence-corrected chi connectivity index (χ0v) is 17.0. The van der Waals surface area contributed by atoms with Gasteiger partial charge >= 0.3 is 5.97 Å². The van der Waals surface area contributed by atoms with Gasteiger partial charge in [-0.2, -0.15) is 0 Å². The normalized spacial score (nSPS) is 11.6. The minimum absolute atomic E-state index is 0.0595. The van der Waals surface area contributed by atoms with Gasteiger partial charge in [-0.05, 0) is 63.5 Å². The van der Waals surface area contributed by atoms with Crippen LogP contribution in [0.3, 0.4) is 0 Å². The highest BCUT2D eigenvalue weighted by atomic mass is 79.9.